The lowest BCUT2D eigenvalue weighted by Gasteiger charge is -2.16. The Morgan fingerprint density at radius 1 is 0.353 bits per heavy atom. The molecular weight excluding hydrogens is 851 g/mol. The van der Waals surface area contributed by atoms with E-state index < -0.39 is 0 Å². The van der Waals surface area contributed by atoms with Crippen molar-refractivity contribution in [2.45, 2.75) is 0 Å². The Bertz CT molecular complexity index is 4580. The van der Waals surface area contributed by atoms with Crippen LogP contribution in [0.1, 0.15) is 0 Å². The van der Waals surface area contributed by atoms with Crippen LogP contribution in [0.25, 0.3) is 142 Å². The monoisotopic (exact) mass is 885 g/mol. The first-order chi connectivity index (χ1) is 33.7. The number of aromatic nitrogens is 5. The van der Waals surface area contributed by atoms with E-state index in [9.17, 15) is 0 Å². The number of para-hydroxylation sites is 4. The number of rotatable bonds is 5. The van der Waals surface area contributed by atoms with Gasteiger partial charge < -0.3 is 13.6 Å². The average molecular weight is 886 g/mol. The van der Waals surface area contributed by atoms with E-state index in [1.54, 1.807) is 11.3 Å². The van der Waals surface area contributed by atoms with Gasteiger partial charge in [0.15, 0.2) is 17.5 Å². The van der Waals surface area contributed by atoms with Crippen LogP contribution in [0.4, 0.5) is 0 Å². The number of fused-ring (bicyclic) bond motifs is 13. The van der Waals surface area contributed by atoms with Crippen LogP contribution in [0.2, 0.25) is 0 Å². The Hall–Kier alpha value is -8.91. The highest BCUT2D eigenvalue weighted by Gasteiger charge is 2.25. The number of hydrogen-bond acceptors (Lipinski definition) is 5. The first-order valence-electron chi connectivity index (χ1n) is 22.8. The third-order valence-electron chi connectivity index (χ3n) is 13.7. The quantitative estimate of drug-likeness (QED) is 0.173. The van der Waals surface area contributed by atoms with Gasteiger partial charge in [-0.1, -0.05) is 127 Å². The summed E-state index contributed by atoms with van der Waals surface area (Å²) < 4.78 is 13.9. The molecule has 0 saturated carbocycles. The van der Waals surface area contributed by atoms with Gasteiger partial charge in [0.05, 0.1) is 33.1 Å². The first kappa shape index (κ1) is 37.3. The lowest BCUT2D eigenvalue weighted by Crippen LogP contribution is -2.04. The number of thiophene rings is 1. The van der Waals surface area contributed by atoms with Crippen LogP contribution in [-0.4, -0.2) is 24.1 Å². The van der Waals surface area contributed by atoms with Gasteiger partial charge in [0, 0.05) is 69.5 Å². The van der Waals surface area contributed by atoms with Crippen LogP contribution in [-0.2, 0) is 0 Å². The number of benzene rings is 10. The van der Waals surface area contributed by atoms with E-state index in [4.69, 9.17) is 19.4 Å². The SMILES string of the molecule is c1ccc(-n2c3ccccc3c3ccc(-c4nc(-c5ccc6sc7ccccc7c6c5)nc(-c5ccc6oc7ccccc7c6c5-n5c6ccccc6c6cc7ccccc7cc65)n4)cc32)cc1. The van der Waals surface area contributed by atoms with Crippen molar-refractivity contribution in [2.75, 3.05) is 0 Å². The zero-order valence-corrected chi connectivity index (χ0v) is 37.1. The van der Waals surface area contributed by atoms with Gasteiger partial charge in [0.1, 0.15) is 11.2 Å². The highest BCUT2D eigenvalue weighted by molar-refractivity contribution is 7.25. The largest absolute Gasteiger partial charge is 0.456 e. The molecule has 0 fully saturated rings. The van der Waals surface area contributed by atoms with Gasteiger partial charge in [-0.05, 0) is 95.7 Å². The highest BCUT2D eigenvalue weighted by atomic mass is 32.1. The van der Waals surface area contributed by atoms with Crippen molar-refractivity contribution in [2.24, 2.45) is 0 Å². The van der Waals surface area contributed by atoms with Gasteiger partial charge in [-0.15, -0.1) is 11.3 Å². The highest BCUT2D eigenvalue weighted by Crippen LogP contribution is 2.45. The van der Waals surface area contributed by atoms with Gasteiger partial charge in [0.25, 0.3) is 0 Å². The second-order valence-electron chi connectivity index (χ2n) is 17.5. The van der Waals surface area contributed by atoms with E-state index in [0.29, 0.717) is 17.5 Å². The molecule has 7 heteroatoms. The molecule has 0 aliphatic carbocycles. The molecule has 15 rings (SSSR count). The molecule has 5 aromatic heterocycles. The Labute approximate surface area is 392 Å². The molecule has 0 saturated heterocycles. The zero-order valence-electron chi connectivity index (χ0n) is 36.3. The van der Waals surface area contributed by atoms with Crippen molar-refractivity contribution >= 4 is 108 Å². The van der Waals surface area contributed by atoms with E-state index >= 15 is 0 Å². The minimum absolute atomic E-state index is 0.567. The summed E-state index contributed by atoms with van der Waals surface area (Å²) >= 11 is 1.81. The lowest BCUT2D eigenvalue weighted by atomic mass is 10.0. The van der Waals surface area contributed by atoms with E-state index in [-0.39, 0.29) is 0 Å². The Kier molecular flexibility index (Phi) is 7.85. The fourth-order valence-corrected chi connectivity index (χ4v) is 11.8. The lowest BCUT2D eigenvalue weighted by molar-refractivity contribution is 0.669. The van der Waals surface area contributed by atoms with E-state index in [2.05, 4.69) is 209 Å². The van der Waals surface area contributed by atoms with Crippen LogP contribution in [0.15, 0.2) is 217 Å². The third-order valence-corrected chi connectivity index (χ3v) is 14.9. The van der Waals surface area contributed by atoms with Crippen molar-refractivity contribution in [1.82, 2.24) is 24.1 Å². The van der Waals surface area contributed by atoms with Crippen LogP contribution in [0.3, 0.4) is 0 Å². The molecule has 0 bridgehead atoms. The maximum Gasteiger partial charge on any atom is 0.166 e. The molecule has 0 spiro atoms. The maximum absolute atomic E-state index is 6.68. The summed E-state index contributed by atoms with van der Waals surface area (Å²) in [6, 6.07) is 75.5. The molecule has 316 valence electrons. The predicted octanol–water partition coefficient (Wildman–Crippen LogP) is 16.5. The van der Waals surface area contributed by atoms with E-state index in [0.717, 1.165) is 77.5 Å². The van der Waals surface area contributed by atoms with E-state index in [1.165, 1.54) is 47.1 Å². The minimum Gasteiger partial charge on any atom is -0.456 e. The molecule has 0 aliphatic rings. The topological polar surface area (TPSA) is 61.7 Å². The average Bonchev–Trinajstić information content (AvgIpc) is 4.15. The van der Waals surface area contributed by atoms with E-state index in [1.807, 2.05) is 12.1 Å². The van der Waals surface area contributed by atoms with Crippen LogP contribution in [0, 0.1) is 0 Å². The third kappa shape index (κ3) is 5.48. The van der Waals surface area contributed by atoms with Gasteiger partial charge >= 0.3 is 0 Å². The molecule has 0 amide bonds. The smallest absolute Gasteiger partial charge is 0.166 e. The van der Waals surface area contributed by atoms with Crippen molar-refractivity contribution in [3.8, 4) is 45.5 Å². The molecule has 15 aromatic rings. The van der Waals surface area contributed by atoms with Crippen molar-refractivity contribution in [1.29, 1.82) is 0 Å². The molecule has 0 N–H and O–H groups in total. The van der Waals surface area contributed by atoms with Crippen molar-refractivity contribution in [3.63, 3.8) is 0 Å². The number of hydrogen-bond donors (Lipinski definition) is 0. The molecule has 10 aromatic carbocycles. The van der Waals surface area contributed by atoms with Crippen LogP contribution >= 0.6 is 11.3 Å². The molecule has 5 heterocycles. The molecule has 0 atom stereocenters. The molecule has 68 heavy (non-hydrogen) atoms. The molecule has 0 radical (unpaired) electrons. The fourth-order valence-electron chi connectivity index (χ4n) is 10.7. The molecule has 0 aliphatic heterocycles. The minimum atomic E-state index is 0.567. The normalized spacial score (nSPS) is 12.1. The molecule has 0 unspecified atom stereocenters. The predicted molar refractivity (Wildman–Crippen MR) is 282 cm³/mol. The van der Waals surface area contributed by atoms with Gasteiger partial charge in [-0.2, -0.15) is 0 Å². The first-order valence-corrected chi connectivity index (χ1v) is 23.7. The summed E-state index contributed by atoms with van der Waals surface area (Å²) in [6.45, 7) is 0. The summed E-state index contributed by atoms with van der Waals surface area (Å²) in [7, 11) is 0. The molecular formula is C61H35N5OS. The van der Waals surface area contributed by atoms with Crippen LogP contribution < -0.4 is 0 Å². The van der Waals surface area contributed by atoms with Gasteiger partial charge in [-0.3, -0.25) is 0 Å². The summed E-state index contributed by atoms with van der Waals surface area (Å²) in [5, 5.41) is 11.5. The van der Waals surface area contributed by atoms with Gasteiger partial charge in [0.2, 0.25) is 0 Å². The Morgan fingerprint density at radius 3 is 1.76 bits per heavy atom. The summed E-state index contributed by atoms with van der Waals surface area (Å²) in [5.41, 5.74) is 10.7. The Balaban J connectivity index is 1.06. The fraction of sp³-hybridized carbons (Fsp3) is 0. The summed E-state index contributed by atoms with van der Waals surface area (Å²) in [6.07, 6.45) is 0. The second kappa shape index (κ2) is 14.3. The standard InChI is InChI=1S/C61H35N5OS/c1-2-16-40(17-3-1)65-49-22-10-6-18-41(49)43-28-26-39(35-51(43)65)60-62-59(38-27-31-56-48(33-38)44-20-9-13-25-55(44)68-56)63-61(64-60)46-29-30-54-57(45-21-8-12-24-53(45)67-54)58(46)66-50-23-11-7-19-42(50)47-32-36-14-4-5-15-37(36)34-52(47)66/h1-35H. The summed E-state index contributed by atoms with van der Waals surface area (Å²) in [4.78, 5) is 16.5. The Morgan fingerprint density at radius 2 is 0.941 bits per heavy atom. The van der Waals surface area contributed by atoms with Crippen molar-refractivity contribution < 1.29 is 4.42 Å². The van der Waals surface area contributed by atoms with Gasteiger partial charge in [-0.25, -0.2) is 15.0 Å². The molecule has 6 nitrogen and oxygen atoms in total. The van der Waals surface area contributed by atoms with Crippen molar-refractivity contribution in [3.05, 3.63) is 212 Å². The second-order valence-corrected chi connectivity index (χ2v) is 18.6. The maximum atomic E-state index is 6.68. The number of furan rings is 1. The summed E-state index contributed by atoms with van der Waals surface area (Å²) in [5.74, 6) is 1.75. The van der Waals surface area contributed by atoms with Crippen LogP contribution in [0.5, 0.6) is 0 Å². The number of nitrogens with zero attached hydrogens (tertiary/aromatic N) is 5. The zero-order chi connectivity index (χ0) is 44.5.